The first-order valence-electron chi connectivity index (χ1n) is 12.1. The van der Waals surface area contributed by atoms with Gasteiger partial charge >= 0.3 is 0 Å². The Kier molecular flexibility index (Phi) is 6.02. The van der Waals surface area contributed by atoms with E-state index in [1.54, 1.807) is 4.90 Å². The number of benzene rings is 1. The molecule has 0 bridgehead atoms. The van der Waals surface area contributed by atoms with Gasteiger partial charge in [0.2, 0.25) is 11.8 Å². The minimum atomic E-state index is -0.589. The molecular weight excluding hydrogens is 474 g/mol. The maximum atomic E-state index is 12.9. The lowest BCUT2D eigenvalue weighted by Gasteiger charge is -2.43. The molecule has 182 valence electrons. The van der Waals surface area contributed by atoms with Crippen LogP contribution in [0.2, 0.25) is 0 Å². The van der Waals surface area contributed by atoms with Crippen LogP contribution < -0.4 is 5.32 Å². The van der Waals surface area contributed by atoms with Crippen molar-refractivity contribution in [2.24, 2.45) is 0 Å². The van der Waals surface area contributed by atoms with Gasteiger partial charge in [-0.15, -0.1) is 11.8 Å². The fourth-order valence-corrected chi connectivity index (χ4v) is 6.45. The predicted molar refractivity (Wildman–Crippen MR) is 134 cm³/mol. The molecule has 5 heterocycles. The number of likely N-dealkylation sites (tertiary alicyclic amines) is 1. The number of aromatic nitrogens is 2. The lowest BCUT2D eigenvalue weighted by Crippen LogP contribution is -2.52. The summed E-state index contributed by atoms with van der Waals surface area (Å²) in [6, 6.07) is 17.3. The van der Waals surface area contributed by atoms with Crippen LogP contribution in [-0.2, 0) is 16.1 Å². The van der Waals surface area contributed by atoms with Crippen LogP contribution in [0.5, 0.6) is 0 Å². The van der Waals surface area contributed by atoms with Crippen molar-refractivity contribution in [2.45, 2.75) is 41.6 Å². The Balaban J connectivity index is 1.12. The fraction of sp³-hybridized carbons (Fsp3) is 0.296. The highest BCUT2D eigenvalue weighted by Crippen LogP contribution is 2.38. The van der Waals surface area contributed by atoms with E-state index in [-0.39, 0.29) is 30.2 Å². The molecule has 8 nitrogen and oxygen atoms in total. The first-order valence-corrected chi connectivity index (χ1v) is 12.9. The summed E-state index contributed by atoms with van der Waals surface area (Å²) in [5.74, 6) is -0.798. The molecule has 1 N–H and O–H groups in total. The van der Waals surface area contributed by atoms with Crippen LogP contribution in [0.3, 0.4) is 0 Å². The van der Waals surface area contributed by atoms with Gasteiger partial charge in [0.25, 0.3) is 5.91 Å². The maximum absolute atomic E-state index is 12.9. The molecule has 9 heteroatoms. The zero-order valence-corrected chi connectivity index (χ0v) is 20.4. The zero-order chi connectivity index (χ0) is 24.6. The summed E-state index contributed by atoms with van der Waals surface area (Å²) in [6.45, 7) is 2.20. The Hall–Kier alpha value is -3.56. The van der Waals surface area contributed by atoms with Crippen molar-refractivity contribution >= 4 is 29.5 Å². The van der Waals surface area contributed by atoms with Gasteiger partial charge in [0.15, 0.2) is 0 Å². The van der Waals surface area contributed by atoms with Crippen LogP contribution in [0, 0.1) is 0 Å². The summed E-state index contributed by atoms with van der Waals surface area (Å²) < 4.78 is 0. The Labute approximate surface area is 213 Å². The third-order valence-electron chi connectivity index (χ3n) is 6.98. The monoisotopic (exact) mass is 499 g/mol. The van der Waals surface area contributed by atoms with Crippen LogP contribution in [0.4, 0.5) is 0 Å². The van der Waals surface area contributed by atoms with Gasteiger partial charge < -0.3 is 4.90 Å². The molecule has 3 aliphatic rings. The van der Waals surface area contributed by atoms with Crippen molar-refractivity contribution in [2.75, 3.05) is 13.1 Å². The van der Waals surface area contributed by atoms with Crippen molar-refractivity contribution in [3.8, 4) is 0 Å². The second-order valence-electron chi connectivity index (χ2n) is 9.32. The van der Waals surface area contributed by atoms with Gasteiger partial charge in [0.1, 0.15) is 6.04 Å². The fourth-order valence-electron chi connectivity index (χ4n) is 5.17. The summed E-state index contributed by atoms with van der Waals surface area (Å²) in [4.78, 5) is 51.0. The second kappa shape index (κ2) is 9.48. The van der Waals surface area contributed by atoms with E-state index in [2.05, 4.69) is 26.3 Å². The molecule has 0 saturated carbocycles. The number of piperidine rings is 1. The third kappa shape index (κ3) is 4.29. The number of thioether (sulfide) groups is 1. The quantitative estimate of drug-likeness (QED) is 0.521. The summed E-state index contributed by atoms with van der Waals surface area (Å²) in [7, 11) is 0. The van der Waals surface area contributed by atoms with E-state index in [1.807, 2.05) is 72.7 Å². The molecule has 2 saturated heterocycles. The minimum absolute atomic E-state index is 0.0176. The van der Waals surface area contributed by atoms with Crippen molar-refractivity contribution in [3.05, 3.63) is 89.5 Å². The van der Waals surface area contributed by atoms with E-state index in [4.69, 9.17) is 0 Å². The standard InChI is InChI=1S/C27H25N5O3S/c33-24-10-9-23(26(34)30-24)32-14-17-13-18(7-8-20(17)27(32)35)36-19-15-31(16-19)25(21-5-1-3-11-28-21)22-6-2-4-12-29-22/h1-8,11-13,19,23,25H,9-10,14-16H2,(H,30,33,34). The van der Waals surface area contributed by atoms with Gasteiger partial charge in [-0.2, -0.15) is 0 Å². The average molecular weight is 500 g/mol. The highest BCUT2D eigenvalue weighted by Gasteiger charge is 2.40. The number of nitrogens with one attached hydrogen (secondary N) is 1. The molecule has 3 aliphatic heterocycles. The van der Waals surface area contributed by atoms with Gasteiger partial charge in [0, 0.05) is 54.2 Å². The Morgan fingerprint density at radius 2 is 1.67 bits per heavy atom. The molecule has 0 spiro atoms. The van der Waals surface area contributed by atoms with E-state index < -0.39 is 6.04 Å². The molecule has 1 atom stereocenters. The Morgan fingerprint density at radius 3 is 2.31 bits per heavy atom. The number of hydrogen-bond donors (Lipinski definition) is 1. The number of carbonyl (C=O) groups is 3. The van der Waals surface area contributed by atoms with E-state index in [1.165, 1.54) is 0 Å². The molecule has 0 aliphatic carbocycles. The van der Waals surface area contributed by atoms with Gasteiger partial charge in [-0.3, -0.25) is 34.6 Å². The van der Waals surface area contributed by atoms with E-state index in [9.17, 15) is 14.4 Å². The van der Waals surface area contributed by atoms with E-state index in [0.29, 0.717) is 23.8 Å². The molecule has 3 aromatic rings. The zero-order valence-electron chi connectivity index (χ0n) is 19.5. The number of carbonyl (C=O) groups excluding carboxylic acids is 3. The lowest BCUT2D eigenvalue weighted by molar-refractivity contribution is -0.136. The van der Waals surface area contributed by atoms with Gasteiger partial charge in [-0.05, 0) is 54.4 Å². The SMILES string of the molecule is O=C1CCC(N2Cc3cc(SC4CN(C(c5ccccn5)c5ccccn5)C4)ccc3C2=O)C(=O)N1. The van der Waals surface area contributed by atoms with Gasteiger partial charge in [-0.1, -0.05) is 12.1 Å². The smallest absolute Gasteiger partial charge is 0.255 e. The Bertz CT molecular complexity index is 1270. The minimum Gasteiger partial charge on any atom is -0.322 e. The van der Waals surface area contributed by atoms with Crippen LogP contribution in [0.25, 0.3) is 0 Å². The molecule has 3 amide bonds. The summed E-state index contributed by atoms with van der Waals surface area (Å²) >= 11 is 1.81. The molecule has 2 aromatic heterocycles. The van der Waals surface area contributed by atoms with Gasteiger partial charge in [-0.25, -0.2) is 0 Å². The number of rotatable bonds is 6. The topological polar surface area (TPSA) is 95.5 Å². The van der Waals surface area contributed by atoms with Crippen LogP contribution in [0.15, 0.2) is 71.9 Å². The predicted octanol–water partition coefficient (Wildman–Crippen LogP) is 2.80. The molecule has 6 rings (SSSR count). The third-order valence-corrected chi connectivity index (χ3v) is 8.13. The number of hydrogen-bond acceptors (Lipinski definition) is 7. The molecule has 36 heavy (non-hydrogen) atoms. The van der Waals surface area contributed by atoms with E-state index in [0.717, 1.165) is 34.9 Å². The summed E-state index contributed by atoms with van der Waals surface area (Å²) in [5.41, 5.74) is 3.56. The number of amides is 3. The van der Waals surface area contributed by atoms with Crippen molar-refractivity contribution in [1.82, 2.24) is 25.1 Å². The molecule has 1 unspecified atom stereocenters. The summed E-state index contributed by atoms with van der Waals surface area (Å²) in [6.07, 6.45) is 4.27. The highest BCUT2D eigenvalue weighted by atomic mass is 32.2. The number of nitrogens with zero attached hydrogens (tertiary/aromatic N) is 4. The first kappa shape index (κ1) is 22.9. The average Bonchev–Trinajstić information content (AvgIpc) is 3.19. The van der Waals surface area contributed by atoms with Crippen LogP contribution in [0.1, 0.15) is 46.2 Å². The van der Waals surface area contributed by atoms with Gasteiger partial charge in [0.05, 0.1) is 17.4 Å². The second-order valence-corrected chi connectivity index (χ2v) is 10.7. The van der Waals surface area contributed by atoms with Crippen LogP contribution >= 0.6 is 11.8 Å². The van der Waals surface area contributed by atoms with Crippen molar-refractivity contribution in [3.63, 3.8) is 0 Å². The normalized spacial score (nSPS) is 20.4. The van der Waals surface area contributed by atoms with Crippen LogP contribution in [-0.4, -0.2) is 61.9 Å². The molecule has 1 aromatic carbocycles. The van der Waals surface area contributed by atoms with Crippen molar-refractivity contribution in [1.29, 1.82) is 0 Å². The number of fused-ring (bicyclic) bond motifs is 1. The first-order chi connectivity index (χ1) is 17.6. The van der Waals surface area contributed by atoms with Crippen molar-refractivity contribution < 1.29 is 14.4 Å². The molecule has 0 radical (unpaired) electrons. The molecular formula is C27H25N5O3S. The lowest BCUT2D eigenvalue weighted by atomic mass is 10.0. The highest BCUT2D eigenvalue weighted by molar-refractivity contribution is 8.00. The summed E-state index contributed by atoms with van der Waals surface area (Å²) in [5, 5.41) is 2.77. The molecule has 2 fully saturated rings. The maximum Gasteiger partial charge on any atom is 0.255 e. The largest absolute Gasteiger partial charge is 0.322 e. The Morgan fingerprint density at radius 1 is 0.944 bits per heavy atom. The van der Waals surface area contributed by atoms with E-state index >= 15 is 0 Å². The number of pyridine rings is 2. The number of imide groups is 1.